The van der Waals surface area contributed by atoms with E-state index in [-0.39, 0.29) is 11.8 Å². The zero-order valence-electron chi connectivity index (χ0n) is 14.6. The molecule has 0 saturated carbocycles. The number of hydrogen-bond donors (Lipinski definition) is 0. The van der Waals surface area contributed by atoms with Crippen molar-refractivity contribution in [2.45, 2.75) is 32.9 Å². The molecule has 0 unspecified atom stereocenters. The van der Waals surface area contributed by atoms with E-state index in [1.54, 1.807) is 5.01 Å². The first-order valence-electron chi connectivity index (χ1n) is 8.29. The molecule has 26 heavy (non-hydrogen) atoms. The van der Waals surface area contributed by atoms with Crippen molar-refractivity contribution in [2.75, 3.05) is 9.91 Å². The normalized spacial score (nSPS) is 21.7. The first-order valence-corrected chi connectivity index (χ1v) is 9.08. The Bertz CT molecular complexity index is 952. The Hall–Kier alpha value is -2.54. The van der Waals surface area contributed by atoms with Crippen LogP contribution < -0.4 is 9.91 Å². The van der Waals surface area contributed by atoms with Crippen LogP contribution in [0.25, 0.3) is 0 Å². The topological polar surface area (TPSA) is 65.3 Å². The van der Waals surface area contributed by atoms with Crippen LogP contribution in [0.5, 0.6) is 0 Å². The molecule has 2 heterocycles. The van der Waals surface area contributed by atoms with Gasteiger partial charge in [0, 0.05) is 4.47 Å². The molecule has 132 valence electrons. The summed E-state index contributed by atoms with van der Waals surface area (Å²) in [6.07, 6.45) is 0. The quantitative estimate of drug-likeness (QED) is 0.703. The first kappa shape index (κ1) is 16.9. The van der Waals surface area contributed by atoms with Crippen molar-refractivity contribution < 1.29 is 9.59 Å². The van der Waals surface area contributed by atoms with Crippen LogP contribution in [0, 0.1) is 20.8 Å². The third-order valence-corrected chi connectivity index (χ3v) is 5.54. The highest BCUT2D eigenvalue weighted by molar-refractivity contribution is 9.10. The molecule has 2 aliphatic heterocycles. The zero-order chi connectivity index (χ0) is 18.6. The maximum absolute atomic E-state index is 13.1. The van der Waals surface area contributed by atoms with Gasteiger partial charge in [-0.05, 0) is 67.8 Å². The number of amides is 2. The summed E-state index contributed by atoms with van der Waals surface area (Å²) in [6, 6.07) is 9.83. The summed E-state index contributed by atoms with van der Waals surface area (Å²) in [6.45, 7) is 5.85. The molecule has 1 fully saturated rings. The number of anilines is 2. The lowest BCUT2D eigenvalue weighted by molar-refractivity contribution is -0.121. The van der Waals surface area contributed by atoms with Crippen LogP contribution in [-0.2, 0) is 9.59 Å². The van der Waals surface area contributed by atoms with Crippen molar-refractivity contribution >= 4 is 39.1 Å². The summed E-state index contributed by atoms with van der Waals surface area (Å²) >= 11 is 3.47. The number of rotatable bonds is 2. The van der Waals surface area contributed by atoms with E-state index < -0.39 is 12.1 Å². The van der Waals surface area contributed by atoms with E-state index in [1.165, 1.54) is 4.90 Å². The van der Waals surface area contributed by atoms with E-state index in [1.807, 2.05) is 57.2 Å². The van der Waals surface area contributed by atoms with E-state index in [0.29, 0.717) is 5.69 Å². The Morgan fingerprint density at radius 1 is 0.923 bits per heavy atom. The van der Waals surface area contributed by atoms with Crippen molar-refractivity contribution in [3.8, 4) is 0 Å². The molecule has 2 aliphatic rings. The lowest BCUT2D eigenvalue weighted by atomic mass is 10.1. The third-order valence-electron chi connectivity index (χ3n) is 4.65. The van der Waals surface area contributed by atoms with E-state index in [9.17, 15) is 9.59 Å². The van der Waals surface area contributed by atoms with Gasteiger partial charge in [-0.15, -0.1) is 0 Å². The minimum Gasteiger partial charge on any atom is -0.271 e. The summed E-state index contributed by atoms with van der Waals surface area (Å²) < 4.78 is 0.972. The van der Waals surface area contributed by atoms with Crippen LogP contribution in [-0.4, -0.2) is 23.9 Å². The zero-order valence-corrected chi connectivity index (χ0v) is 16.2. The number of benzene rings is 2. The highest BCUT2D eigenvalue weighted by atomic mass is 79.9. The molecule has 0 bridgehead atoms. The van der Waals surface area contributed by atoms with Gasteiger partial charge < -0.3 is 0 Å². The summed E-state index contributed by atoms with van der Waals surface area (Å²) in [7, 11) is 0. The smallest absolute Gasteiger partial charge is 0.263 e. The molecular weight excluding hydrogens is 396 g/mol. The number of nitrogens with zero attached hydrogens (tertiary/aromatic N) is 4. The second-order valence-electron chi connectivity index (χ2n) is 6.73. The van der Waals surface area contributed by atoms with Crippen LogP contribution in [0.2, 0.25) is 0 Å². The molecule has 1 saturated heterocycles. The van der Waals surface area contributed by atoms with Gasteiger partial charge >= 0.3 is 0 Å². The first-order chi connectivity index (χ1) is 12.4. The third kappa shape index (κ3) is 2.54. The van der Waals surface area contributed by atoms with Gasteiger partial charge in [-0.2, -0.15) is 5.11 Å². The second-order valence-corrected chi connectivity index (χ2v) is 7.58. The molecule has 2 atom stereocenters. The van der Waals surface area contributed by atoms with E-state index in [0.717, 1.165) is 26.9 Å². The van der Waals surface area contributed by atoms with Crippen LogP contribution >= 0.6 is 15.9 Å². The largest absolute Gasteiger partial charge is 0.271 e. The number of imide groups is 1. The van der Waals surface area contributed by atoms with Gasteiger partial charge in [0.2, 0.25) is 0 Å². The highest BCUT2D eigenvalue weighted by Crippen LogP contribution is 2.36. The summed E-state index contributed by atoms with van der Waals surface area (Å²) in [5.41, 5.74) is 4.35. The number of carbonyl (C=O) groups excluding carboxylic acids is 2. The molecule has 2 amide bonds. The minimum atomic E-state index is -0.799. The standard InChI is InChI=1S/C19H17BrN4O2/c1-10-6-11(2)8-14(7-10)23-18(25)16-17(19(23)26)24(22-21-16)13-4-5-15(20)12(3)9-13/h4-9,16-17H,1-3H3/t16-,17-/m1/s1. The van der Waals surface area contributed by atoms with Crippen LogP contribution in [0.15, 0.2) is 51.2 Å². The van der Waals surface area contributed by atoms with E-state index >= 15 is 0 Å². The monoisotopic (exact) mass is 412 g/mol. The molecule has 2 aromatic carbocycles. The van der Waals surface area contributed by atoms with Gasteiger partial charge in [0.25, 0.3) is 11.8 Å². The average molecular weight is 413 g/mol. The number of hydrogen-bond acceptors (Lipinski definition) is 5. The molecule has 0 spiro atoms. The molecule has 6 nitrogen and oxygen atoms in total. The van der Waals surface area contributed by atoms with Crippen molar-refractivity contribution in [1.29, 1.82) is 0 Å². The Kier molecular flexibility index (Phi) is 3.91. The lowest BCUT2D eigenvalue weighted by Crippen LogP contribution is -2.40. The predicted molar refractivity (Wildman–Crippen MR) is 102 cm³/mol. The highest BCUT2D eigenvalue weighted by Gasteiger charge is 2.55. The molecule has 0 N–H and O–H groups in total. The summed E-state index contributed by atoms with van der Waals surface area (Å²) in [5.74, 6) is -0.624. The van der Waals surface area contributed by atoms with Gasteiger partial charge in [-0.1, -0.05) is 27.2 Å². The molecule has 0 aromatic heterocycles. The molecule has 0 aliphatic carbocycles. The Morgan fingerprint density at radius 2 is 1.62 bits per heavy atom. The molecule has 7 heteroatoms. The molecule has 4 rings (SSSR count). The van der Waals surface area contributed by atoms with Crippen molar-refractivity contribution in [3.63, 3.8) is 0 Å². The molecular formula is C19H17BrN4O2. The number of carbonyl (C=O) groups is 2. The maximum Gasteiger partial charge on any atom is 0.263 e. The lowest BCUT2D eigenvalue weighted by Gasteiger charge is -2.21. The summed E-state index contributed by atoms with van der Waals surface area (Å²) in [4.78, 5) is 27.2. The van der Waals surface area contributed by atoms with E-state index in [2.05, 4.69) is 26.3 Å². The van der Waals surface area contributed by atoms with Crippen molar-refractivity contribution in [1.82, 2.24) is 0 Å². The van der Waals surface area contributed by atoms with Gasteiger partial charge in [-0.3, -0.25) is 9.59 Å². The van der Waals surface area contributed by atoms with Gasteiger partial charge in [0.1, 0.15) is 0 Å². The minimum absolute atomic E-state index is 0.296. The fourth-order valence-corrected chi connectivity index (χ4v) is 3.73. The second kappa shape index (κ2) is 6.02. The van der Waals surface area contributed by atoms with Crippen LogP contribution in [0.1, 0.15) is 16.7 Å². The number of halogens is 1. The SMILES string of the molecule is Cc1cc(C)cc(N2C(=O)[C@@H]3N=NN(c4ccc(Br)c(C)c4)[C@H]3C2=O)c1. The Labute approximate surface area is 159 Å². The van der Waals surface area contributed by atoms with Gasteiger partial charge in [0.05, 0.1) is 11.4 Å². The number of aryl methyl sites for hydroxylation is 3. The fourth-order valence-electron chi connectivity index (χ4n) is 3.48. The Balaban J connectivity index is 1.72. The van der Waals surface area contributed by atoms with Crippen LogP contribution in [0.3, 0.4) is 0 Å². The van der Waals surface area contributed by atoms with Gasteiger partial charge in [0.15, 0.2) is 12.1 Å². The summed E-state index contributed by atoms with van der Waals surface area (Å²) in [5, 5.41) is 9.74. The van der Waals surface area contributed by atoms with Crippen LogP contribution in [0.4, 0.5) is 11.4 Å². The average Bonchev–Trinajstić information content (AvgIpc) is 3.10. The van der Waals surface area contributed by atoms with E-state index in [4.69, 9.17) is 0 Å². The van der Waals surface area contributed by atoms with Gasteiger partial charge in [-0.25, -0.2) is 9.91 Å². The molecule has 2 aromatic rings. The van der Waals surface area contributed by atoms with Crippen molar-refractivity contribution in [3.05, 3.63) is 57.6 Å². The predicted octanol–water partition coefficient (Wildman–Crippen LogP) is 3.87. The maximum atomic E-state index is 13.1. The molecule has 0 radical (unpaired) electrons. The number of fused-ring (bicyclic) bond motifs is 1. The Morgan fingerprint density at radius 3 is 2.27 bits per heavy atom. The van der Waals surface area contributed by atoms with Crippen molar-refractivity contribution in [2.24, 2.45) is 10.3 Å². The fraction of sp³-hybridized carbons (Fsp3) is 0.263.